The predicted octanol–water partition coefficient (Wildman–Crippen LogP) is 6.96. The minimum Gasteiger partial charge on any atom is -0.507 e. The average Bonchev–Trinajstić information content (AvgIpc) is 2.73. The lowest BCUT2D eigenvalue weighted by atomic mass is 9.92. The van der Waals surface area contributed by atoms with Crippen LogP contribution in [-0.4, -0.2) is 10.2 Å². The number of benzene rings is 3. The number of aryl methyl sites for hydroxylation is 3. The van der Waals surface area contributed by atoms with E-state index in [4.69, 9.17) is 0 Å². The van der Waals surface area contributed by atoms with Crippen molar-refractivity contribution in [3.05, 3.63) is 82.4 Å². The molecule has 2 N–H and O–H groups in total. The number of unbranched alkanes of at least 4 members (excludes halogenated alkanes) is 2. The van der Waals surface area contributed by atoms with E-state index in [2.05, 4.69) is 50.2 Å². The molecular formula is C27H32O2. The topological polar surface area (TPSA) is 40.5 Å². The SMILES string of the molecule is CCCCCc1cc(C)c(O)c(Cc2cc(-c3ccccc3)cc(CC)c2O)c1. The average molecular weight is 389 g/mol. The Morgan fingerprint density at radius 2 is 1.41 bits per heavy atom. The molecule has 0 unspecified atom stereocenters. The molecule has 0 fully saturated rings. The van der Waals surface area contributed by atoms with Gasteiger partial charge in [-0.25, -0.2) is 0 Å². The summed E-state index contributed by atoms with van der Waals surface area (Å²) in [4.78, 5) is 0. The third-order valence-electron chi connectivity index (χ3n) is 5.64. The first-order valence-corrected chi connectivity index (χ1v) is 10.7. The molecular weight excluding hydrogens is 356 g/mol. The normalized spacial score (nSPS) is 11.0. The summed E-state index contributed by atoms with van der Waals surface area (Å²) in [5, 5.41) is 21.5. The Bertz CT molecular complexity index is 958. The van der Waals surface area contributed by atoms with Gasteiger partial charge < -0.3 is 10.2 Å². The van der Waals surface area contributed by atoms with Crippen molar-refractivity contribution >= 4 is 0 Å². The zero-order chi connectivity index (χ0) is 20.8. The first-order valence-electron chi connectivity index (χ1n) is 10.7. The van der Waals surface area contributed by atoms with Crippen LogP contribution in [0, 0.1) is 6.92 Å². The van der Waals surface area contributed by atoms with Crippen molar-refractivity contribution in [2.24, 2.45) is 0 Å². The minimum absolute atomic E-state index is 0.340. The number of hydrogen-bond donors (Lipinski definition) is 2. The Labute approximate surface area is 174 Å². The van der Waals surface area contributed by atoms with Crippen LogP contribution < -0.4 is 0 Å². The highest BCUT2D eigenvalue weighted by molar-refractivity contribution is 5.68. The molecule has 0 spiro atoms. The molecule has 0 heterocycles. The molecule has 3 aromatic carbocycles. The monoisotopic (exact) mass is 388 g/mol. The highest BCUT2D eigenvalue weighted by Crippen LogP contribution is 2.35. The van der Waals surface area contributed by atoms with Gasteiger partial charge in [-0.3, -0.25) is 0 Å². The van der Waals surface area contributed by atoms with E-state index < -0.39 is 0 Å². The quantitative estimate of drug-likeness (QED) is 0.410. The van der Waals surface area contributed by atoms with Gasteiger partial charge in [0.05, 0.1) is 0 Å². The molecule has 152 valence electrons. The van der Waals surface area contributed by atoms with E-state index in [0.29, 0.717) is 17.9 Å². The fourth-order valence-electron chi connectivity index (χ4n) is 3.96. The molecule has 0 amide bonds. The van der Waals surface area contributed by atoms with Crippen LogP contribution in [0.25, 0.3) is 11.1 Å². The minimum atomic E-state index is 0.340. The van der Waals surface area contributed by atoms with Crippen LogP contribution in [0.2, 0.25) is 0 Å². The largest absolute Gasteiger partial charge is 0.507 e. The summed E-state index contributed by atoms with van der Waals surface area (Å²) in [6.45, 7) is 6.23. The second-order valence-electron chi connectivity index (χ2n) is 7.92. The maximum Gasteiger partial charge on any atom is 0.122 e. The molecule has 3 rings (SSSR count). The fourth-order valence-corrected chi connectivity index (χ4v) is 3.96. The van der Waals surface area contributed by atoms with Gasteiger partial charge in [0, 0.05) is 6.42 Å². The summed E-state index contributed by atoms with van der Waals surface area (Å²) in [6, 6.07) is 18.6. The van der Waals surface area contributed by atoms with Gasteiger partial charge in [0.25, 0.3) is 0 Å². The van der Waals surface area contributed by atoms with E-state index in [1.807, 2.05) is 25.1 Å². The van der Waals surface area contributed by atoms with Crippen molar-refractivity contribution in [3.8, 4) is 22.6 Å². The number of phenols is 2. The molecule has 0 saturated heterocycles. The lowest BCUT2D eigenvalue weighted by Gasteiger charge is -2.15. The van der Waals surface area contributed by atoms with E-state index >= 15 is 0 Å². The summed E-state index contributed by atoms with van der Waals surface area (Å²) >= 11 is 0. The third-order valence-corrected chi connectivity index (χ3v) is 5.64. The fraction of sp³-hybridized carbons (Fsp3) is 0.333. The Morgan fingerprint density at radius 1 is 0.724 bits per heavy atom. The van der Waals surface area contributed by atoms with Gasteiger partial charge in [0.2, 0.25) is 0 Å². The first-order chi connectivity index (χ1) is 14.0. The lowest BCUT2D eigenvalue weighted by molar-refractivity contribution is 0.457. The van der Waals surface area contributed by atoms with Crippen molar-refractivity contribution in [1.82, 2.24) is 0 Å². The van der Waals surface area contributed by atoms with Crippen molar-refractivity contribution in [1.29, 1.82) is 0 Å². The van der Waals surface area contributed by atoms with Gasteiger partial charge >= 0.3 is 0 Å². The Morgan fingerprint density at radius 3 is 2.10 bits per heavy atom. The molecule has 3 aromatic rings. The van der Waals surface area contributed by atoms with E-state index in [9.17, 15) is 10.2 Å². The number of aromatic hydroxyl groups is 2. The predicted molar refractivity (Wildman–Crippen MR) is 122 cm³/mol. The lowest BCUT2D eigenvalue weighted by Crippen LogP contribution is -1.98. The summed E-state index contributed by atoms with van der Waals surface area (Å²) in [5.41, 5.74) is 7.10. The van der Waals surface area contributed by atoms with Gasteiger partial charge in [-0.15, -0.1) is 0 Å². The third kappa shape index (κ3) is 5.00. The molecule has 0 aliphatic carbocycles. The van der Waals surface area contributed by atoms with E-state index in [1.165, 1.54) is 18.4 Å². The molecule has 0 atom stereocenters. The summed E-state index contributed by atoms with van der Waals surface area (Å²) in [7, 11) is 0. The van der Waals surface area contributed by atoms with Gasteiger partial charge in [-0.05, 0) is 77.3 Å². The van der Waals surface area contributed by atoms with Crippen molar-refractivity contribution in [2.45, 2.75) is 59.3 Å². The molecule has 0 aliphatic rings. The van der Waals surface area contributed by atoms with Gasteiger partial charge in [-0.2, -0.15) is 0 Å². The van der Waals surface area contributed by atoms with Crippen molar-refractivity contribution < 1.29 is 10.2 Å². The molecule has 0 bridgehead atoms. The Kier molecular flexibility index (Phi) is 6.98. The smallest absolute Gasteiger partial charge is 0.122 e. The molecule has 2 heteroatoms. The zero-order valence-electron chi connectivity index (χ0n) is 17.8. The van der Waals surface area contributed by atoms with Crippen LogP contribution in [0.3, 0.4) is 0 Å². The maximum atomic E-state index is 10.8. The van der Waals surface area contributed by atoms with E-state index in [0.717, 1.165) is 52.6 Å². The van der Waals surface area contributed by atoms with Crippen LogP contribution in [0.5, 0.6) is 11.5 Å². The van der Waals surface area contributed by atoms with E-state index in [-0.39, 0.29) is 0 Å². The van der Waals surface area contributed by atoms with Gasteiger partial charge in [0.15, 0.2) is 0 Å². The summed E-state index contributed by atoms with van der Waals surface area (Å²) in [5.74, 6) is 0.687. The first kappa shape index (κ1) is 21.0. The molecule has 0 radical (unpaired) electrons. The number of phenolic OH excluding ortho intramolecular Hbond substituents is 2. The molecule has 0 aromatic heterocycles. The van der Waals surface area contributed by atoms with Crippen molar-refractivity contribution in [3.63, 3.8) is 0 Å². The molecule has 0 saturated carbocycles. The summed E-state index contributed by atoms with van der Waals surface area (Å²) in [6.07, 6.45) is 5.89. The molecule has 29 heavy (non-hydrogen) atoms. The highest BCUT2D eigenvalue weighted by atomic mass is 16.3. The van der Waals surface area contributed by atoms with Crippen LogP contribution >= 0.6 is 0 Å². The van der Waals surface area contributed by atoms with Crippen LogP contribution in [0.1, 0.15) is 60.9 Å². The van der Waals surface area contributed by atoms with Crippen LogP contribution in [0.4, 0.5) is 0 Å². The number of hydrogen-bond acceptors (Lipinski definition) is 2. The van der Waals surface area contributed by atoms with Gasteiger partial charge in [-0.1, -0.05) is 69.2 Å². The highest BCUT2D eigenvalue weighted by Gasteiger charge is 2.14. The Hall–Kier alpha value is -2.74. The maximum absolute atomic E-state index is 10.8. The second-order valence-corrected chi connectivity index (χ2v) is 7.92. The van der Waals surface area contributed by atoms with Gasteiger partial charge in [0.1, 0.15) is 11.5 Å². The standard InChI is InChI=1S/C27H32O2/c1-4-6-8-11-20-14-19(3)26(28)24(15-20)18-25-17-23(16-21(5-2)27(25)29)22-12-9-7-10-13-22/h7,9-10,12-17,28-29H,4-6,8,11,18H2,1-3H3. The van der Waals surface area contributed by atoms with Crippen molar-refractivity contribution in [2.75, 3.05) is 0 Å². The second kappa shape index (κ2) is 9.65. The molecule has 2 nitrogen and oxygen atoms in total. The zero-order valence-corrected chi connectivity index (χ0v) is 17.8. The number of rotatable bonds is 8. The molecule has 0 aliphatic heterocycles. The Balaban J connectivity index is 1.99. The summed E-state index contributed by atoms with van der Waals surface area (Å²) < 4.78 is 0. The van der Waals surface area contributed by atoms with Crippen LogP contribution in [0.15, 0.2) is 54.6 Å². The van der Waals surface area contributed by atoms with Crippen LogP contribution in [-0.2, 0) is 19.3 Å². The van der Waals surface area contributed by atoms with E-state index in [1.54, 1.807) is 0 Å².